The van der Waals surface area contributed by atoms with E-state index in [0.29, 0.717) is 6.04 Å². The maximum atomic E-state index is 6.29. The Morgan fingerprint density at radius 2 is 2.06 bits per heavy atom. The highest BCUT2D eigenvalue weighted by molar-refractivity contribution is 7.16. The Kier molecular flexibility index (Phi) is 6.49. The highest BCUT2D eigenvalue weighted by atomic mass is 35.5. The number of nitrogens with zero attached hydrogens (tertiary/aromatic N) is 1. The van der Waals surface area contributed by atoms with Crippen LogP contribution < -0.4 is 5.73 Å². The second kappa shape index (κ2) is 7.37. The van der Waals surface area contributed by atoms with Gasteiger partial charge in [0.2, 0.25) is 0 Å². The average Bonchev–Trinajstić information content (AvgIpc) is 2.74. The number of likely N-dealkylation sites (N-methyl/N-ethyl adjacent to an activating group) is 1. The summed E-state index contributed by atoms with van der Waals surface area (Å²) in [6, 6.07) is 4.57. The molecule has 2 N–H and O–H groups in total. The van der Waals surface area contributed by atoms with Crippen LogP contribution in [-0.2, 0) is 0 Å². The third-order valence-corrected chi connectivity index (χ3v) is 4.37. The fraction of sp³-hybridized carbons (Fsp3) is 0.692. The van der Waals surface area contributed by atoms with Crippen LogP contribution in [0.5, 0.6) is 0 Å². The number of hydrogen-bond acceptors (Lipinski definition) is 3. The third-order valence-electron chi connectivity index (χ3n) is 3.07. The van der Waals surface area contributed by atoms with Crippen molar-refractivity contribution >= 4 is 22.9 Å². The van der Waals surface area contributed by atoms with Crippen LogP contribution in [0.15, 0.2) is 12.1 Å². The van der Waals surface area contributed by atoms with Gasteiger partial charge in [-0.1, -0.05) is 32.4 Å². The van der Waals surface area contributed by atoms with Gasteiger partial charge < -0.3 is 5.73 Å². The number of halogens is 1. The van der Waals surface area contributed by atoms with E-state index in [4.69, 9.17) is 17.3 Å². The minimum Gasteiger partial charge on any atom is -0.326 e. The van der Waals surface area contributed by atoms with Crippen LogP contribution in [-0.4, -0.2) is 24.0 Å². The van der Waals surface area contributed by atoms with E-state index >= 15 is 0 Å². The molecule has 0 bridgehead atoms. The first-order chi connectivity index (χ1) is 8.13. The quantitative estimate of drug-likeness (QED) is 0.817. The van der Waals surface area contributed by atoms with Gasteiger partial charge in [-0.25, -0.2) is 0 Å². The molecule has 0 aliphatic rings. The Labute approximate surface area is 114 Å². The third kappa shape index (κ3) is 3.95. The Bertz CT molecular complexity index is 327. The van der Waals surface area contributed by atoms with Crippen LogP contribution >= 0.6 is 22.9 Å². The minimum absolute atomic E-state index is 0.177. The van der Waals surface area contributed by atoms with Crippen LogP contribution in [0, 0.1) is 0 Å². The minimum atomic E-state index is 0.177. The van der Waals surface area contributed by atoms with Crippen molar-refractivity contribution in [3.8, 4) is 0 Å². The van der Waals surface area contributed by atoms with E-state index in [-0.39, 0.29) is 6.04 Å². The Morgan fingerprint density at radius 1 is 1.35 bits per heavy atom. The molecule has 1 rings (SSSR count). The average molecular weight is 275 g/mol. The van der Waals surface area contributed by atoms with E-state index in [0.717, 1.165) is 30.3 Å². The van der Waals surface area contributed by atoms with Gasteiger partial charge >= 0.3 is 0 Å². The molecule has 4 heteroatoms. The van der Waals surface area contributed by atoms with Gasteiger partial charge in [-0.05, 0) is 38.1 Å². The summed E-state index contributed by atoms with van der Waals surface area (Å²) in [6.45, 7) is 8.66. The lowest BCUT2D eigenvalue weighted by Crippen LogP contribution is -2.40. The Morgan fingerprint density at radius 3 is 2.47 bits per heavy atom. The second-order valence-corrected chi connectivity index (χ2v) is 6.03. The summed E-state index contributed by atoms with van der Waals surface area (Å²) in [5.41, 5.74) is 6.29. The molecule has 0 saturated heterocycles. The molecular formula is C13H23ClN2S. The van der Waals surface area contributed by atoms with Gasteiger partial charge in [0.15, 0.2) is 0 Å². The standard InChI is InChI=1S/C13H23ClN2S/c1-4-9-16(6-3)13(10(15)5-2)11-7-8-12(14)17-11/h7-8,10,13H,4-6,9,15H2,1-3H3. The smallest absolute Gasteiger partial charge is 0.0931 e. The van der Waals surface area contributed by atoms with Crippen LogP contribution in [0.4, 0.5) is 0 Å². The highest BCUT2D eigenvalue weighted by Gasteiger charge is 2.25. The van der Waals surface area contributed by atoms with Crippen molar-refractivity contribution in [1.82, 2.24) is 4.90 Å². The topological polar surface area (TPSA) is 29.3 Å². The lowest BCUT2D eigenvalue weighted by atomic mass is 10.0. The largest absolute Gasteiger partial charge is 0.326 e. The molecule has 1 aromatic heterocycles. The van der Waals surface area contributed by atoms with Gasteiger partial charge in [-0.3, -0.25) is 4.90 Å². The summed E-state index contributed by atoms with van der Waals surface area (Å²) in [7, 11) is 0. The molecule has 0 saturated carbocycles. The van der Waals surface area contributed by atoms with E-state index < -0.39 is 0 Å². The lowest BCUT2D eigenvalue weighted by Gasteiger charge is -2.33. The van der Waals surface area contributed by atoms with Crippen LogP contribution in [0.25, 0.3) is 0 Å². The number of rotatable bonds is 7. The van der Waals surface area contributed by atoms with Crippen molar-refractivity contribution in [3.05, 3.63) is 21.3 Å². The van der Waals surface area contributed by atoms with E-state index in [1.165, 1.54) is 4.88 Å². The predicted molar refractivity (Wildman–Crippen MR) is 77.9 cm³/mol. The van der Waals surface area contributed by atoms with Gasteiger partial charge in [0.25, 0.3) is 0 Å². The number of hydrogen-bond donors (Lipinski definition) is 1. The number of nitrogens with two attached hydrogens (primary N) is 1. The summed E-state index contributed by atoms with van der Waals surface area (Å²) in [6.07, 6.45) is 2.14. The summed E-state index contributed by atoms with van der Waals surface area (Å²) in [5, 5.41) is 0. The van der Waals surface area contributed by atoms with Crippen molar-refractivity contribution < 1.29 is 0 Å². The summed E-state index contributed by atoms with van der Waals surface area (Å²) in [4.78, 5) is 3.75. The molecule has 0 aromatic carbocycles. The van der Waals surface area contributed by atoms with Crippen LogP contribution in [0.1, 0.15) is 44.5 Å². The zero-order chi connectivity index (χ0) is 12.8. The fourth-order valence-electron chi connectivity index (χ4n) is 2.15. The second-order valence-electron chi connectivity index (χ2n) is 4.29. The molecule has 0 spiro atoms. The maximum Gasteiger partial charge on any atom is 0.0931 e. The molecule has 0 aliphatic heterocycles. The van der Waals surface area contributed by atoms with Gasteiger partial charge in [-0.15, -0.1) is 11.3 Å². The molecular weight excluding hydrogens is 252 g/mol. The first-order valence-corrected chi connectivity index (χ1v) is 7.58. The normalized spacial score (nSPS) is 15.2. The van der Waals surface area contributed by atoms with Gasteiger partial charge in [-0.2, -0.15) is 0 Å². The maximum absolute atomic E-state index is 6.29. The molecule has 2 unspecified atom stereocenters. The first kappa shape index (κ1) is 15.0. The molecule has 98 valence electrons. The molecule has 0 fully saturated rings. The number of thiophene rings is 1. The highest BCUT2D eigenvalue weighted by Crippen LogP contribution is 2.33. The predicted octanol–water partition coefficient (Wildman–Crippen LogP) is 3.91. The van der Waals surface area contributed by atoms with Crippen LogP contribution in [0.2, 0.25) is 4.34 Å². The summed E-state index contributed by atoms with van der Waals surface area (Å²) in [5.74, 6) is 0. The molecule has 0 radical (unpaired) electrons. The van der Waals surface area contributed by atoms with Crippen molar-refractivity contribution in [2.75, 3.05) is 13.1 Å². The van der Waals surface area contributed by atoms with E-state index in [2.05, 4.69) is 31.7 Å². The molecule has 17 heavy (non-hydrogen) atoms. The fourth-order valence-corrected chi connectivity index (χ4v) is 3.43. The molecule has 0 aliphatic carbocycles. The summed E-state index contributed by atoms with van der Waals surface area (Å²) < 4.78 is 0.848. The van der Waals surface area contributed by atoms with Crippen molar-refractivity contribution in [2.45, 2.75) is 45.7 Å². The monoisotopic (exact) mass is 274 g/mol. The molecule has 2 nitrogen and oxygen atoms in total. The SMILES string of the molecule is CCCN(CC)C(c1ccc(Cl)s1)C(N)CC. The van der Waals surface area contributed by atoms with Crippen molar-refractivity contribution in [2.24, 2.45) is 5.73 Å². The lowest BCUT2D eigenvalue weighted by molar-refractivity contribution is 0.181. The molecule has 2 atom stereocenters. The molecule has 1 aromatic rings. The van der Waals surface area contributed by atoms with E-state index in [1.54, 1.807) is 11.3 Å². The summed E-state index contributed by atoms with van der Waals surface area (Å²) >= 11 is 7.69. The zero-order valence-corrected chi connectivity index (χ0v) is 12.5. The van der Waals surface area contributed by atoms with Gasteiger partial charge in [0.1, 0.15) is 0 Å². The Hall–Kier alpha value is -0.0900. The first-order valence-electron chi connectivity index (χ1n) is 6.38. The van der Waals surface area contributed by atoms with Crippen molar-refractivity contribution in [1.29, 1.82) is 0 Å². The molecule has 1 heterocycles. The van der Waals surface area contributed by atoms with Gasteiger partial charge in [0.05, 0.1) is 10.4 Å². The zero-order valence-electron chi connectivity index (χ0n) is 10.9. The van der Waals surface area contributed by atoms with E-state index in [9.17, 15) is 0 Å². The van der Waals surface area contributed by atoms with Crippen molar-refractivity contribution in [3.63, 3.8) is 0 Å². The van der Waals surface area contributed by atoms with Crippen LogP contribution in [0.3, 0.4) is 0 Å². The van der Waals surface area contributed by atoms with E-state index in [1.807, 2.05) is 6.07 Å². The molecule has 0 amide bonds. The van der Waals surface area contributed by atoms with Gasteiger partial charge in [0, 0.05) is 10.9 Å². The Balaban J connectivity index is 2.93.